The molecule has 0 spiro atoms. The van der Waals surface area contributed by atoms with Gasteiger partial charge < -0.3 is 20.1 Å². The second-order valence-electron chi connectivity index (χ2n) is 5.61. The Morgan fingerprint density at radius 2 is 2.05 bits per heavy atom. The Hall–Kier alpha value is -1.46. The van der Waals surface area contributed by atoms with Gasteiger partial charge in [0.1, 0.15) is 0 Å². The van der Waals surface area contributed by atoms with Crippen LogP contribution in [0.5, 0.6) is 11.5 Å². The summed E-state index contributed by atoms with van der Waals surface area (Å²) in [6, 6.07) is 5.73. The number of nitrogens with two attached hydrogens (primary N) is 1. The Bertz CT molecular complexity index is 508. The van der Waals surface area contributed by atoms with E-state index in [0.717, 1.165) is 25.1 Å². The molecular formula is C16H25ClN2O3. The second-order valence-corrected chi connectivity index (χ2v) is 5.61. The van der Waals surface area contributed by atoms with E-state index in [9.17, 15) is 4.79 Å². The third-order valence-corrected chi connectivity index (χ3v) is 4.12. The number of rotatable bonds is 5. The van der Waals surface area contributed by atoms with E-state index >= 15 is 0 Å². The largest absolute Gasteiger partial charge is 0.493 e. The molecule has 0 radical (unpaired) electrons. The summed E-state index contributed by atoms with van der Waals surface area (Å²) in [4.78, 5) is 14.3. The van der Waals surface area contributed by atoms with Gasteiger partial charge in [-0.2, -0.15) is 0 Å². The van der Waals surface area contributed by atoms with E-state index < -0.39 is 0 Å². The van der Waals surface area contributed by atoms with Crippen molar-refractivity contribution in [1.29, 1.82) is 0 Å². The summed E-state index contributed by atoms with van der Waals surface area (Å²) in [5.41, 5.74) is 6.85. The highest BCUT2D eigenvalue weighted by atomic mass is 35.5. The van der Waals surface area contributed by atoms with E-state index in [2.05, 4.69) is 0 Å². The molecule has 1 fully saturated rings. The number of likely N-dealkylation sites (tertiary alicyclic amines) is 1. The molecule has 1 aromatic carbocycles. The van der Waals surface area contributed by atoms with Crippen molar-refractivity contribution >= 4 is 18.3 Å². The van der Waals surface area contributed by atoms with E-state index in [1.807, 2.05) is 30.0 Å². The number of amides is 1. The third-order valence-electron chi connectivity index (χ3n) is 4.12. The second kappa shape index (κ2) is 8.25. The minimum absolute atomic E-state index is 0. The Balaban J connectivity index is 0.00000242. The fourth-order valence-electron chi connectivity index (χ4n) is 2.72. The molecule has 124 valence electrons. The monoisotopic (exact) mass is 328 g/mol. The molecule has 22 heavy (non-hydrogen) atoms. The fourth-order valence-corrected chi connectivity index (χ4v) is 2.72. The Morgan fingerprint density at radius 3 is 2.59 bits per heavy atom. The molecular weight excluding hydrogens is 304 g/mol. The number of carbonyl (C=O) groups is 1. The lowest BCUT2D eigenvalue weighted by molar-refractivity contribution is -0.129. The molecule has 6 heteroatoms. The Kier molecular flexibility index (Phi) is 6.97. The zero-order valence-electron chi connectivity index (χ0n) is 13.4. The highest BCUT2D eigenvalue weighted by Gasteiger charge is 2.28. The maximum atomic E-state index is 12.4. The van der Waals surface area contributed by atoms with Gasteiger partial charge in [0, 0.05) is 19.1 Å². The molecule has 1 amide bonds. The van der Waals surface area contributed by atoms with Crippen molar-refractivity contribution in [3.05, 3.63) is 23.8 Å². The first-order chi connectivity index (χ1) is 10.0. The average molecular weight is 329 g/mol. The van der Waals surface area contributed by atoms with Crippen LogP contribution in [-0.2, 0) is 11.2 Å². The molecule has 2 N–H and O–H groups in total. The van der Waals surface area contributed by atoms with Crippen LogP contribution >= 0.6 is 12.4 Å². The zero-order valence-corrected chi connectivity index (χ0v) is 14.2. The van der Waals surface area contributed by atoms with Gasteiger partial charge in [-0.1, -0.05) is 6.07 Å². The minimum atomic E-state index is 0. The van der Waals surface area contributed by atoms with Crippen LogP contribution in [-0.4, -0.2) is 44.2 Å². The fraction of sp³-hybridized carbons (Fsp3) is 0.562. The molecule has 1 saturated heterocycles. The number of methoxy groups -OCH3 is 2. The quantitative estimate of drug-likeness (QED) is 0.896. The van der Waals surface area contributed by atoms with Crippen molar-refractivity contribution in [3.63, 3.8) is 0 Å². The van der Waals surface area contributed by atoms with Gasteiger partial charge in [-0.3, -0.25) is 4.79 Å². The smallest absolute Gasteiger partial charge is 0.227 e. The van der Waals surface area contributed by atoms with Gasteiger partial charge in [0.15, 0.2) is 11.5 Å². The van der Waals surface area contributed by atoms with Gasteiger partial charge in [-0.15, -0.1) is 12.4 Å². The normalized spacial score (nSPS) is 18.5. The van der Waals surface area contributed by atoms with E-state index in [4.69, 9.17) is 15.2 Å². The molecule has 1 aliphatic rings. The lowest BCUT2D eigenvalue weighted by atomic mass is 10.0. The van der Waals surface area contributed by atoms with Crippen molar-refractivity contribution in [3.8, 4) is 11.5 Å². The predicted molar refractivity (Wildman–Crippen MR) is 88.8 cm³/mol. The maximum Gasteiger partial charge on any atom is 0.227 e. The van der Waals surface area contributed by atoms with Crippen LogP contribution < -0.4 is 15.2 Å². The summed E-state index contributed by atoms with van der Waals surface area (Å²) in [6.07, 6.45) is 1.38. The molecule has 2 atom stereocenters. The number of hydrogen-bond acceptors (Lipinski definition) is 4. The molecule has 1 heterocycles. The van der Waals surface area contributed by atoms with Gasteiger partial charge in [0.25, 0.3) is 0 Å². The summed E-state index contributed by atoms with van der Waals surface area (Å²) < 4.78 is 10.5. The molecule has 2 rings (SSSR count). The van der Waals surface area contributed by atoms with Gasteiger partial charge in [-0.25, -0.2) is 0 Å². The van der Waals surface area contributed by atoms with E-state index in [-0.39, 0.29) is 24.4 Å². The predicted octanol–water partition coefficient (Wildman–Crippen LogP) is 1.86. The average Bonchev–Trinajstić information content (AvgIpc) is 2.97. The van der Waals surface area contributed by atoms with Crippen LogP contribution in [0.4, 0.5) is 0 Å². The van der Waals surface area contributed by atoms with Crippen LogP contribution in [0.3, 0.4) is 0 Å². The van der Waals surface area contributed by atoms with Crippen LogP contribution in [0.25, 0.3) is 0 Å². The van der Waals surface area contributed by atoms with Crippen molar-refractivity contribution in [2.24, 2.45) is 11.7 Å². The van der Waals surface area contributed by atoms with Gasteiger partial charge in [0.05, 0.1) is 20.6 Å². The summed E-state index contributed by atoms with van der Waals surface area (Å²) in [5.74, 6) is 1.88. The minimum Gasteiger partial charge on any atom is -0.493 e. The molecule has 1 aromatic rings. The van der Waals surface area contributed by atoms with Crippen LogP contribution in [0.2, 0.25) is 0 Å². The number of nitrogens with zero attached hydrogens (tertiary/aromatic N) is 1. The maximum absolute atomic E-state index is 12.4. The molecule has 5 nitrogen and oxygen atoms in total. The number of carbonyl (C=O) groups excluding carboxylic acids is 1. The van der Waals surface area contributed by atoms with Crippen molar-refractivity contribution < 1.29 is 14.3 Å². The lowest BCUT2D eigenvalue weighted by Gasteiger charge is -2.18. The first kappa shape index (κ1) is 18.6. The van der Waals surface area contributed by atoms with Crippen molar-refractivity contribution in [2.75, 3.05) is 27.3 Å². The molecule has 1 aliphatic heterocycles. The van der Waals surface area contributed by atoms with Crippen LogP contribution in [0.15, 0.2) is 18.2 Å². The summed E-state index contributed by atoms with van der Waals surface area (Å²) >= 11 is 0. The molecule has 0 aromatic heterocycles. The van der Waals surface area contributed by atoms with Crippen molar-refractivity contribution in [1.82, 2.24) is 4.90 Å². The highest BCUT2D eigenvalue weighted by molar-refractivity contribution is 5.85. The first-order valence-corrected chi connectivity index (χ1v) is 7.29. The SMILES string of the molecule is COc1ccc(CC(=O)N2CCC(C(C)N)C2)cc1OC.Cl. The summed E-state index contributed by atoms with van der Waals surface area (Å²) in [7, 11) is 3.19. The van der Waals surface area contributed by atoms with Gasteiger partial charge in [0.2, 0.25) is 5.91 Å². The third kappa shape index (κ3) is 4.27. The molecule has 0 saturated carbocycles. The van der Waals surface area contributed by atoms with Gasteiger partial charge in [-0.05, 0) is 37.0 Å². The Labute approximate surface area is 138 Å². The van der Waals surface area contributed by atoms with Crippen LogP contribution in [0, 0.1) is 5.92 Å². The van der Waals surface area contributed by atoms with E-state index in [0.29, 0.717) is 23.8 Å². The number of halogens is 1. The molecule has 0 aliphatic carbocycles. The first-order valence-electron chi connectivity index (χ1n) is 7.29. The number of hydrogen-bond donors (Lipinski definition) is 1. The van der Waals surface area contributed by atoms with Crippen molar-refractivity contribution in [2.45, 2.75) is 25.8 Å². The molecule has 2 unspecified atom stereocenters. The zero-order chi connectivity index (χ0) is 15.4. The summed E-state index contributed by atoms with van der Waals surface area (Å²) in [5, 5.41) is 0. The Morgan fingerprint density at radius 1 is 1.36 bits per heavy atom. The van der Waals surface area contributed by atoms with E-state index in [1.165, 1.54) is 0 Å². The van der Waals surface area contributed by atoms with Crippen LogP contribution in [0.1, 0.15) is 18.9 Å². The summed E-state index contributed by atoms with van der Waals surface area (Å²) in [6.45, 7) is 3.58. The highest BCUT2D eigenvalue weighted by Crippen LogP contribution is 2.28. The number of ether oxygens (including phenoxy) is 2. The lowest BCUT2D eigenvalue weighted by Crippen LogP contribution is -2.33. The van der Waals surface area contributed by atoms with Gasteiger partial charge >= 0.3 is 0 Å². The standard InChI is InChI=1S/C16H24N2O3.ClH/c1-11(17)13-6-7-18(10-13)16(19)9-12-4-5-14(20-2)15(8-12)21-3;/h4-5,8,11,13H,6-7,9-10,17H2,1-3H3;1H. The molecule has 0 bridgehead atoms. The topological polar surface area (TPSA) is 64.8 Å². The van der Waals surface area contributed by atoms with E-state index in [1.54, 1.807) is 14.2 Å². The number of benzene rings is 1.